The van der Waals surface area contributed by atoms with Crippen LogP contribution < -0.4 is 20.3 Å². The number of anilines is 4. The van der Waals surface area contributed by atoms with Crippen LogP contribution in [-0.2, 0) is 21.2 Å². The number of aromatic nitrogens is 2. The van der Waals surface area contributed by atoms with Crippen LogP contribution in [0, 0.1) is 23.6 Å². The van der Waals surface area contributed by atoms with E-state index in [1.54, 1.807) is 12.1 Å². The van der Waals surface area contributed by atoms with E-state index in [4.69, 9.17) is 0 Å². The predicted octanol–water partition coefficient (Wildman–Crippen LogP) is 2.56. The Bertz CT molecular complexity index is 1330. The van der Waals surface area contributed by atoms with Crippen molar-refractivity contribution in [1.29, 1.82) is 0 Å². The van der Waals surface area contributed by atoms with Gasteiger partial charge in [-0.15, -0.1) is 0 Å². The van der Waals surface area contributed by atoms with Crippen molar-refractivity contribution < 1.29 is 17.6 Å². The highest BCUT2D eigenvalue weighted by Gasteiger charge is 2.49. The average molecular weight is 499 g/mol. The van der Waals surface area contributed by atoms with Gasteiger partial charge in [-0.25, -0.2) is 17.8 Å². The third-order valence-electron chi connectivity index (χ3n) is 7.32. The quantitative estimate of drug-likeness (QED) is 0.503. The second kappa shape index (κ2) is 8.18. The Labute approximate surface area is 203 Å². The smallest absolute Gasteiger partial charge is 0.232 e. The lowest BCUT2D eigenvalue weighted by Gasteiger charge is -2.28. The first-order chi connectivity index (χ1) is 16.8. The predicted molar refractivity (Wildman–Crippen MR) is 130 cm³/mol. The summed E-state index contributed by atoms with van der Waals surface area (Å²) in [5, 5.41) is 9.39. The topological polar surface area (TPSA) is 116 Å². The lowest BCUT2D eigenvalue weighted by Crippen LogP contribution is -2.44. The molecule has 1 aromatic carbocycles. The summed E-state index contributed by atoms with van der Waals surface area (Å²) >= 11 is 0. The highest BCUT2D eigenvalue weighted by molar-refractivity contribution is 7.92. The lowest BCUT2D eigenvalue weighted by atomic mass is 9.88. The first-order valence-electron chi connectivity index (χ1n) is 11.9. The monoisotopic (exact) mass is 498 g/mol. The number of amides is 1. The minimum Gasteiger partial charge on any atom is -0.363 e. The van der Waals surface area contributed by atoms with E-state index in [1.807, 2.05) is 6.07 Å². The number of fused-ring (bicyclic) bond motifs is 3. The molecule has 2 saturated carbocycles. The van der Waals surface area contributed by atoms with Crippen molar-refractivity contribution in [3.8, 4) is 0 Å². The van der Waals surface area contributed by atoms with Crippen molar-refractivity contribution in [1.82, 2.24) is 15.3 Å². The summed E-state index contributed by atoms with van der Waals surface area (Å²) in [6, 6.07) is 5.40. The number of sulfonamides is 1. The van der Waals surface area contributed by atoms with Gasteiger partial charge in [0.25, 0.3) is 0 Å². The first kappa shape index (κ1) is 22.3. The maximum atomic E-state index is 14.7. The number of allylic oxidation sites excluding steroid dienone is 1. The molecule has 0 spiro atoms. The van der Waals surface area contributed by atoms with Crippen molar-refractivity contribution in [2.24, 2.45) is 17.8 Å². The van der Waals surface area contributed by atoms with E-state index in [-0.39, 0.29) is 47.5 Å². The van der Waals surface area contributed by atoms with Gasteiger partial charge < -0.3 is 16.0 Å². The van der Waals surface area contributed by atoms with Crippen LogP contribution in [0.2, 0.25) is 0 Å². The lowest BCUT2D eigenvalue weighted by molar-refractivity contribution is -0.126. The molecule has 11 heteroatoms. The molecule has 4 atom stereocenters. The van der Waals surface area contributed by atoms with Crippen LogP contribution in [0.3, 0.4) is 0 Å². The molecule has 1 aromatic heterocycles. The number of carbonyl (C=O) groups is 1. The molecule has 9 nitrogen and oxygen atoms in total. The van der Waals surface area contributed by atoms with Crippen LogP contribution in [0.1, 0.15) is 24.8 Å². The summed E-state index contributed by atoms with van der Waals surface area (Å²) in [5.74, 6) is -0.248. The molecule has 6 rings (SSSR count). The van der Waals surface area contributed by atoms with Gasteiger partial charge in [-0.2, -0.15) is 4.98 Å². The second-order valence-electron chi connectivity index (χ2n) is 9.87. The summed E-state index contributed by atoms with van der Waals surface area (Å²) in [4.78, 5) is 21.3. The van der Waals surface area contributed by atoms with Crippen LogP contribution >= 0.6 is 0 Å². The van der Waals surface area contributed by atoms with E-state index >= 15 is 0 Å². The molecule has 0 saturated heterocycles. The zero-order valence-electron chi connectivity index (χ0n) is 19.2. The molecule has 1 amide bonds. The molecular weight excluding hydrogens is 471 g/mol. The van der Waals surface area contributed by atoms with E-state index in [0.29, 0.717) is 24.3 Å². The summed E-state index contributed by atoms with van der Waals surface area (Å²) < 4.78 is 40.0. The Balaban J connectivity index is 1.20. The van der Waals surface area contributed by atoms with Crippen molar-refractivity contribution >= 4 is 39.1 Å². The van der Waals surface area contributed by atoms with Crippen LogP contribution in [-0.4, -0.2) is 49.2 Å². The normalized spacial score (nSPS) is 26.6. The highest BCUT2D eigenvalue weighted by atomic mass is 32.2. The van der Waals surface area contributed by atoms with Crippen molar-refractivity contribution in [2.75, 3.05) is 27.7 Å². The van der Waals surface area contributed by atoms with Crippen molar-refractivity contribution in [2.45, 2.75) is 37.8 Å². The molecular formula is C24H27FN6O3S. The Kier molecular flexibility index (Phi) is 5.21. The SMILES string of the molecule is CS(=O)(=O)N1CCc2cc(Nc3ncc(F)c(NC4C5C=CC(C5)C4C(=O)NC4CC4)n3)ccc21. The van der Waals surface area contributed by atoms with Gasteiger partial charge in [0.05, 0.1) is 24.1 Å². The molecule has 2 bridgehead atoms. The van der Waals surface area contributed by atoms with Gasteiger partial charge in [0.15, 0.2) is 11.6 Å². The summed E-state index contributed by atoms with van der Waals surface area (Å²) in [7, 11) is -3.32. The van der Waals surface area contributed by atoms with E-state index in [9.17, 15) is 17.6 Å². The minimum absolute atomic E-state index is 0.0240. The number of carbonyl (C=O) groups excluding carboxylic acids is 1. The van der Waals surface area contributed by atoms with E-state index in [2.05, 4.69) is 38.1 Å². The molecule has 184 valence electrons. The largest absolute Gasteiger partial charge is 0.363 e. The van der Waals surface area contributed by atoms with Crippen molar-refractivity contribution in [3.63, 3.8) is 0 Å². The molecule has 2 heterocycles. The number of nitrogens with one attached hydrogen (secondary N) is 3. The number of nitrogens with zero attached hydrogens (tertiary/aromatic N) is 3. The van der Waals surface area contributed by atoms with Gasteiger partial charge in [0.2, 0.25) is 21.9 Å². The van der Waals surface area contributed by atoms with Gasteiger partial charge in [-0.05, 0) is 61.3 Å². The highest BCUT2D eigenvalue weighted by Crippen LogP contribution is 2.45. The van der Waals surface area contributed by atoms with Crippen LogP contribution in [0.4, 0.5) is 27.5 Å². The molecule has 4 aliphatic rings. The number of benzene rings is 1. The zero-order valence-corrected chi connectivity index (χ0v) is 20.1. The number of rotatable bonds is 7. The Hall–Kier alpha value is -3.21. The fourth-order valence-electron chi connectivity index (χ4n) is 5.51. The van der Waals surface area contributed by atoms with E-state index < -0.39 is 15.8 Å². The molecule has 3 N–H and O–H groups in total. The minimum atomic E-state index is -3.32. The third kappa shape index (κ3) is 4.22. The van der Waals surface area contributed by atoms with Crippen LogP contribution in [0.5, 0.6) is 0 Å². The maximum Gasteiger partial charge on any atom is 0.232 e. The molecule has 35 heavy (non-hydrogen) atoms. The van der Waals surface area contributed by atoms with Crippen molar-refractivity contribution in [3.05, 3.63) is 47.9 Å². The fourth-order valence-corrected chi connectivity index (χ4v) is 6.47. The number of hydrogen-bond acceptors (Lipinski definition) is 7. The van der Waals surface area contributed by atoms with Crippen LogP contribution in [0.15, 0.2) is 36.5 Å². The molecule has 4 unspecified atom stereocenters. The summed E-state index contributed by atoms with van der Waals surface area (Å²) in [6.07, 6.45) is 10.0. The summed E-state index contributed by atoms with van der Waals surface area (Å²) in [5.41, 5.74) is 2.25. The van der Waals surface area contributed by atoms with Gasteiger partial charge in [-0.3, -0.25) is 9.10 Å². The fraction of sp³-hybridized carbons (Fsp3) is 0.458. The van der Waals surface area contributed by atoms with E-state index in [1.165, 1.54) is 10.6 Å². The van der Waals surface area contributed by atoms with Gasteiger partial charge >= 0.3 is 0 Å². The van der Waals surface area contributed by atoms with E-state index in [0.717, 1.165) is 31.0 Å². The Morgan fingerprint density at radius 3 is 2.77 bits per heavy atom. The van der Waals surface area contributed by atoms with Gasteiger partial charge in [-0.1, -0.05) is 12.2 Å². The first-order valence-corrected chi connectivity index (χ1v) is 13.8. The Morgan fingerprint density at radius 2 is 2.00 bits per heavy atom. The molecule has 1 aliphatic heterocycles. The second-order valence-corrected chi connectivity index (χ2v) is 11.8. The Morgan fingerprint density at radius 1 is 1.20 bits per heavy atom. The maximum absolute atomic E-state index is 14.7. The van der Waals surface area contributed by atoms with Gasteiger partial charge in [0.1, 0.15) is 0 Å². The molecule has 3 aliphatic carbocycles. The standard InChI is InChI=1S/C24H27FN6O3S/c1-35(33,34)31-9-8-13-11-17(6-7-19(13)31)28-24-26-12-18(25)22(30-24)29-21-15-3-2-14(10-15)20(21)23(32)27-16-4-5-16/h2-3,6-7,11-12,14-16,20-21H,4-5,8-10H2,1H3,(H,27,32)(H2,26,28,29,30). The molecule has 2 aromatic rings. The number of hydrogen-bond donors (Lipinski definition) is 3. The average Bonchev–Trinajstić information content (AvgIpc) is 3.20. The van der Waals surface area contributed by atoms with Crippen LogP contribution in [0.25, 0.3) is 0 Å². The third-order valence-corrected chi connectivity index (χ3v) is 8.50. The number of halogens is 1. The van der Waals surface area contributed by atoms with Gasteiger partial charge in [0, 0.05) is 24.3 Å². The molecule has 2 fully saturated rings. The molecule has 0 radical (unpaired) electrons. The zero-order chi connectivity index (χ0) is 24.3. The summed E-state index contributed by atoms with van der Waals surface area (Å²) in [6.45, 7) is 0.409.